The molecule has 0 radical (unpaired) electrons. The van der Waals surface area contributed by atoms with Crippen molar-refractivity contribution in [2.45, 2.75) is 46.0 Å². The summed E-state index contributed by atoms with van der Waals surface area (Å²) in [5.74, 6) is 0.113. The normalized spacial score (nSPS) is 11.3. The third kappa shape index (κ3) is 7.15. The zero-order chi connectivity index (χ0) is 26.5. The highest BCUT2D eigenvalue weighted by atomic mass is 35.5. The largest absolute Gasteiger partial charge is 0.322 e. The number of amides is 3. The molecule has 0 saturated heterocycles. The molecule has 3 amide bonds. The molecule has 192 valence electrons. The lowest BCUT2D eigenvalue weighted by atomic mass is 9.92. The van der Waals surface area contributed by atoms with Crippen molar-refractivity contribution in [3.05, 3.63) is 69.3 Å². The number of hydrogen-bond donors (Lipinski definition) is 2. The standard InChI is InChI=1S/C26H30Cl3N5O2/c1-5-6-13-33(25(36)30-17-11-12-18(27)20(29)14-17)16-24(35)31-23-15-22(26(2,3)4)32-34(23)21-10-8-7-9-19(21)28/h7-12,14-15H,5-6,13,16H2,1-4H3,(H,30,36)(H,31,35). The summed E-state index contributed by atoms with van der Waals surface area (Å²) in [4.78, 5) is 27.6. The van der Waals surface area contributed by atoms with Crippen LogP contribution in [-0.4, -0.2) is 39.7 Å². The molecule has 36 heavy (non-hydrogen) atoms. The Morgan fingerprint density at radius 3 is 2.33 bits per heavy atom. The Bertz CT molecular complexity index is 1240. The molecule has 2 aromatic carbocycles. The van der Waals surface area contributed by atoms with Gasteiger partial charge in [-0.3, -0.25) is 4.79 Å². The van der Waals surface area contributed by atoms with Gasteiger partial charge in [0.2, 0.25) is 5.91 Å². The Labute approximate surface area is 226 Å². The molecule has 0 aliphatic carbocycles. The molecule has 3 aromatic rings. The maximum Gasteiger partial charge on any atom is 0.322 e. The second kappa shape index (κ2) is 12.0. The average Bonchev–Trinajstić information content (AvgIpc) is 3.23. The minimum absolute atomic E-state index is 0.147. The van der Waals surface area contributed by atoms with Crippen LogP contribution >= 0.6 is 34.8 Å². The lowest BCUT2D eigenvalue weighted by molar-refractivity contribution is -0.116. The number of nitrogens with zero attached hydrogens (tertiary/aromatic N) is 3. The monoisotopic (exact) mass is 549 g/mol. The Balaban J connectivity index is 1.82. The number of benzene rings is 2. The van der Waals surface area contributed by atoms with E-state index in [0.717, 1.165) is 18.5 Å². The molecular formula is C26H30Cl3N5O2. The number of carbonyl (C=O) groups excluding carboxylic acids is 2. The van der Waals surface area contributed by atoms with Gasteiger partial charge in [0, 0.05) is 23.7 Å². The summed E-state index contributed by atoms with van der Waals surface area (Å²) in [6.07, 6.45) is 1.61. The van der Waals surface area contributed by atoms with E-state index >= 15 is 0 Å². The topological polar surface area (TPSA) is 79.3 Å². The molecule has 1 aromatic heterocycles. The van der Waals surface area contributed by atoms with E-state index < -0.39 is 6.03 Å². The maximum atomic E-state index is 13.1. The Hall–Kier alpha value is -2.74. The number of para-hydroxylation sites is 1. The van der Waals surface area contributed by atoms with Gasteiger partial charge in [-0.2, -0.15) is 5.10 Å². The number of anilines is 2. The van der Waals surface area contributed by atoms with Crippen molar-refractivity contribution in [3.63, 3.8) is 0 Å². The van der Waals surface area contributed by atoms with Crippen LogP contribution in [0.15, 0.2) is 48.5 Å². The molecule has 1 heterocycles. The van der Waals surface area contributed by atoms with E-state index in [9.17, 15) is 9.59 Å². The number of nitrogens with one attached hydrogen (secondary N) is 2. The molecule has 0 aliphatic heterocycles. The van der Waals surface area contributed by atoms with Crippen LogP contribution in [0.5, 0.6) is 0 Å². The fourth-order valence-corrected chi connectivity index (χ4v) is 3.89. The molecule has 0 aliphatic rings. The summed E-state index contributed by atoms with van der Waals surface area (Å²) < 4.78 is 1.62. The van der Waals surface area contributed by atoms with Gasteiger partial charge in [0.25, 0.3) is 0 Å². The molecule has 0 bridgehead atoms. The van der Waals surface area contributed by atoms with Crippen molar-refractivity contribution in [2.75, 3.05) is 23.7 Å². The SMILES string of the molecule is CCCCN(CC(=O)Nc1cc(C(C)(C)C)nn1-c1ccccc1Cl)C(=O)Nc1ccc(Cl)c(Cl)c1. The number of carbonyl (C=O) groups is 2. The van der Waals surface area contributed by atoms with Crippen LogP contribution in [0.3, 0.4) is 0 Å². The van der Waals surface area contributed by atoms with E-state index in [1.807, 2.05) is 52.0 Å². The van der Waals surface area contributed by atoms with E-state index in [-0.39, 0.29) is 17.9 Å². The summed E-state index contributed by atoms with van der Waals surface area (Å²) in [7, 11) is 0. The van der Waals surface area contributed by atoms with Crippen molar-refractivity contribution in [1.29, 1.82) is 0 Å². The predicted molar refractivity (Wildman–Crippen MR) is 148 cm³/mol. The first-order valence-electron chi connectivity index (χ1n) is 11.7. The van der Waals surface area contributed by atoms with Gasteiger partial charge in [0.1, 0.15) is 12.4 Å². The second-order valence-corrected chi connectivity index (χ2v) is 10.6. The van der Waals surface area contributed by atoms with Crippen LogP contribution in [0, 0.1) is 0 Å². The first-order valence-corrected chi connectivity index (χ1v) is 12.8. The minimum Gasteiger partial charge on any atom is -0.315 e. The highest BCUT2D eigenvalue weighted by Gasteiger charge is 2.24. The maximum absolute atomic E-state index is 13.1. The number of rotatable bonds is 8. The van der Waals surface area contributed by atoms with Gasteiger partial charge in [-0.05, 0) is 36.8 Å². The highest BCUT2D eigenvalue weighted by Crippen LogP contribution is 2.29. The quantitative estimate of drug-likeness (QED) is 0.307. The Morgan fingerprint density at radius 2 is 1.69 bits per heavy atom. The number of aromatic nitrogens is 2. The van der Waals surface area contributed by atoms with Gasteiger partial charge in [-0.25, -0.2) is 9.48 Å². The zero-order valence-electron chi connectivity index (χ0n) is 20.7. The summed E-state index contributed by atoms with van der Waals surface area (Å²) in [6, 6.07) is 13.5. The van der Waals surface area contributed by atoms with Crippen LogP contribution in [0.4, 0.5) is 16.3 Å². The van der Waals surface area contributed by atoms with Gasteiger partial charge in [0.15, 0.2) is 0 Å². The molecule has 3 rings (SSSR count). The van der Waals surface area contributed by atoms with Gasteiger partial charge in [-0.15, -0.1) is 0 Å². The lowest BCUT2D eigenvalue weighted by Crippen LogP contribution is -2.41. The van der Waals surface area contributed by atoms with Crippen molar-refractivity contribution < 1.29 is 9.59 Å². The van der Waals surface area contributed by atoms with Crippen molar-refractivity contribution in [2.24, 2.45) is 0 Å². The second-order valence-electron chi connectivity index (χ2n) is 9.41. The van der Waals surface area contributed by atoms with Gasteiger partial charge < -0.3 is 15.5 Å². The van der Waals surface area contributed by atoms with Crippen LogP contribution in [0.2, 0.25) is 15.1 Å². The molecule has 2 N–H and O–H groups in total. The van der Waals surface area contributed by atoms with E-state index in [1.165, 1.54) is 4.90 Å². The number of halogens is 3. The van der Waals surface area contributed by atoms with Crippen molar-refractivity contribution in [1.82, 2.24) is 14.7 Å². The fourth-order valence-electron chi connectivity index (χ4n) is 3.38. The molecule has 7 nitrogen and oxygen atoms in total. The lowest BCUT2D eigenvalue weighted by Gasteiger charge is -2.22. The summed E-state index contributed by atoms with van der Waals surface area (Å²) >= 11 is 18.5. The molecule has 0 atom stereocenters. The molecular weight excluding hydrogens is 521 g/mol. The number of hydrogen-bond acceptors (Lipinski definition) is 3. The van der Waals surface area contributed by atoms with Gasteiger partial charge in [-0.1, -0.05) is 81.1 Å². The molecule has 0 fully saturated rings. The molecule has 0 saturated carbocycles. The summed E-state index contributed by atoms with van der Waals surface area (Å²) in [5.41, 5.74) is 1.67. The minimum atomic E-state index is -0.410. The van der Waals surface area contributed by atoms with E-state index in [2.05, 4.69) is 10.6 Å². The van der Waals surface area contributed by atoms with Crippen LogP contribution in [-0.2, 0) is 10.2 Å². The Kier molecular flexibility index (Phi) is 9.28. The van der Waals surface area contributed by atoms with Gasteiger partial charge in [0.05, 0.1) is 26.4 Å². The first-order chi connectivity index (χ1) is 17.0. The predicted octanol–water partition coefficient (Wildman–Crippen LogP) is 7.40. The van der Waals surface area contributed by atoms with Crippen LogP contribution in [0.1, 0.15) is 46.2 Å². The number of urea groups is 1. The molecule has 10 heteroatoms. The third-order valence-electron chi connectivity index (χ3n) is 5.40. The zero-order valence-corrected chi connectivity index (χ0v) is 23.0. The first kappa shape index (κ1) is 27.8. The third-order valence-corrected chi connectivity index (χ3v) is 6.46. The van der Waals surface area contributed by atoms with Gasteiger partial charge >= 0.3 is 6.03 Å². The van der Waals surface area contributed by atoms with Crippen molar-refractivity contribution in [3.8, 4) is 5.69 Å². The highest BCUT2D eigenvalue weighted by molar-refractivity contribution is 6.42. The smallest absolute Gasteiger partial charge is 0.315 e. The Morgan fingerprint density at radius 1 is 0.972 bits per heavy atom. The van der Waals surface area contributed by atoms with E-state index in [4.69, 9.17) is 39.9 Å². The van der Waals surface area contributed by atoms with Crippen LogP contribution < -0.4 is 10.6 Å². The van der Waals surface area contributed by atoms with E-state index in [0.29, 0.717) is 38.8 Å². The summed E-state index contributed by atoms with van der Waals surface area (Å²) in [6.45, 7) is 8.40. The van der Waals surface area contributed by atoms with Crippen LogP contribution in [0.25, 0.3) is 5.69 Å². The molecule has 0 unspecified atom stereocenters. The number of unbranched alkanes of at least 4 members (excludes halogenated alkanes) is 1. The van der Waals surface area contributed by atoms with E-state index in [1.54, 1.807) is 28.9 Å². The average molecular weight is 551 g/mol. The molecule has 0 spiro atoms. The summed E-state index contributed by atoms with van der Waals surface area (Å²) in [5, 5.41) is 11.6. The fraction of sp³-hybridized carbons (Fsp3) is 0.346. The van der Waals surface area contributed by atoms with Crippen molar-refractivity contribution >= 4 is 58.2 Å².